The van der Waals surface area contributed by atoms with Gasteiger partial charge in [-0.2, -0.15) is 5.10 Å². The van der Waals surface area contributed by atoms with Gasteiger partial charge in [-0.15, -0.1) is 0 Å². The molecule has 4 rings (SSSR count). The van der Waals surface area contributed by atoms with Crippen molar-refractivity contribution in [2.45, 2.75) is 13.1 Å². The van der Waals surface area contributed by atoms with Crippen LogP contribution in [-0.2, 0) is 22.6 Å². The third-order valence-electron chi connectivity index (χ3n) is 4.67. The number of rotatable bonds is 6. The second-order valence-electron chi connectivity index (χ2n) is 6.58. The molecule has 7 nitrogen and oxygen atoms in total. The van der Waals surface area contributed by atoms with Gasteiger partial charge >= 0.3 is 5.97 Å². The van der Waals surface area contributed by atoms with E-state index in [1.165, 1.54) is 7.11 Å². The number of fused-ring (bicyclic) bond motifs is 1. The number of esters is 1. The fourth-order valence-electron chi connectivity index (χ4n) is 3.14. The number of nitrogens with zero attached hydrogens (tertiary/aromatic N) is 3. The molecule has 2 aromatic carbocycles. The third-order valence-corrected chi connectivity index (χ3v) is 4.67. The summed E-state index contributed by atoms with van der Waals surface area (Å²) in [6, 6.07) is 19.0. The maximum absolute atomic E-state index is 12.6. The van der Waals surface area contributed by atoms with Crippen molar-refractivity contribution < 1.29 is 9.53 Å². The van der Waals surface area contributed by atoms with E-state index in [1.807, 2.05) is 54.6 Å². The lowest BCUT2D eigenvalue weighted by Gasteiger charge is -2.10. The summed E-state index contributed by atoms with van der Waals surface area (Å²) >= 11 is 0. The first kappa shape index (κ1) is 18.5. The quantitative estimate of drug-likeness (QED) is 0.514. The number of methoxy groups -OCH3 is 1. The van der Waals surface area contributed by atoms with E-state index < -0.39 is 0 Å². The van der Waals surface area contributed by atoms with Crippen LogP contribution in [0.4, 0.5) is 5.69 Å². The molecule has 0 bridgehead atoms. The van der Waals surface area contributed by atoms with Crippen molar-refractivity contribution in [3.05, 3.63) is 89.0 Å². The summed E-state index contributed by atoms with van der Waals surface area (Å²) in [5.74, 6) is -0.367. The van der Waals surface area contributed by atoms with Gasteiger partial charge in [-0.1, -0.05) is 30.3 Å². The van der Waals surface area contributed by atoms with Crippen LogP contribution in [0.15, 0.2) is 77.9 Å². The molecule has 2 aromatic heterocycles. The molecule has 0 radical (unpaired) electrons. The van der Waals surface area contributed by atoms with Crippen molar-refractivity contribution in [3.8, 4) is 5.69 Å². The molecule has 0 saturated heterocycles. The molecule has 0 unspecified atom stereocenters. The predicted molar refractivity (Wildman–Crippen MR) is 111 cm³/mol. The minimum Gasteiger partial charge on any atom is -0.468 e. The topological polar surface area (TPSA) is 78.2 Å². The summed E-state index contributed by atoms with van der Waals surface area (Å²) < 4.78 is 7.84. The molecule has 0 aliphatic rings. The highest BCUT2D eigenvalue weighted by molar-refractivity contribution is 5.82. The summed E-state index contributed by atoms with van der Waals surface area (Å²) in [7, 11) is 1.34. The van der Waals surface area contributed by atoms with Crippen LogP contribution in [0.3, 0.4) is 0 Å². The van der Waals surface area contributed by atoms with Gasteiger partial charge in [0, 0.05) is 35.6 Å². The number of anilines is 1. The van der Waals surface area contributed by atoms with Crippen LogP contribution in [0.1, 0.15) is 5.56 Å². The largest absolute Gasteiger partial charge is 0.468 e. The first-order chi connectivity index (χ1) is 14.1. The van der Waals surface area contributed by atoms with Gasteiger partial charge < -0.3 is 10.1 Å². The number of carbonyl (C=O) groups is 1. The van der Waals surface area contributed by atoms with E-state index in [2.05, 4.69) is 15.2 Å². The molecule has 0 saturated carbocycles. The lowest BCUT2D eigenvalue weighted by atomic mass is 10.2. The SMILES string of the molecule is COC(=O)Cn1ncc2cc(-n3ccc(NCc4ccccc4)cc3=O)ccc21. The maximum Gasteiger partial charge on any atom is 0.327 e. The van der Waals surface area contributed by atoms with Crippen LogP contribution in [0.2, 0.25) is 0 Å². The van der Waals surface area contributed by atoms with E-state index in [1.54, 1.807) is 27.7 Å². The maximum atomic E-state index is 12.6. The number of aromatic nitrogens is 3. The summed E-state index contributed by atoms with van der Waals surface area (Å²) in [4.78, 5) is 24.1. The zero-order valence-corrected chi connectivity index (χ0v) is 15.9. The molecule has 4 aromatic rings. The Bertz CT molecular complexity index is 1210. The lowest BCUT2D eigenvalue weighted by Crippen LogP contribution is -2.17. The fraction of sp³-hybridized carbons (Fsp3) is 0.136. The molecule has 0 aliphatic heterocycles. The zero-order valence-electron chi connectivity index (χ0n) is 15.9. The van der Waals surface area contributed by atoms with Gasteiger partial charge in [0.25, 0.3) is 5.56 Å². The standard InChI is InChI=1S/C22H20N4O3/c1-29-22(28)15-26-20-8-7-19(11-17(20)14-24-26)25-10-9-18(12-21(25)27)23-13-16-5-3-2-4-6-16/h2-12,14,23H,13,15H2,1H3. The Hall–Kier alpha value is -3.87. The number of ether oxygens (including phenoxy) is 1. The summed E-state index contributed by atoms with van der Waals surface area (Å²) in [5.41, 5.74) is 3.31. The highest BCUT2D eigenvalue weighted by Gasteiger charge is 2.09. The van der Waals surface area contributed by atoms with Gasteiger partial charge in [-0.05, 0) is 29.8 Å². The van der Waals surface area contributed by atoms with Crippen LogP contribution in [0.25, 0.3) is 16.6 Å². The summed E-state index contributed by atoms with van der Waals surface area (Å²) in [6.07, 6.45) is 3.41. The first-order valence-corrected chi connectivity index (χ1v) is 9.17. The van der Waals surface area contributed by atoms with Gasteiger partial charge in [-0.3, -0.25) is 18.8 Å². The molecule has 7 heteroatoms. The molecular formula is C22H20N4O3. The van der Waals surface area contributed by atoms with Crippen molar-refractivity contribution in [2.75, 3.05) is 12.4 Å². The average Bonchev–Trinajstić information content (AvgIpc) is 3.15. The van der Waals surface area contributed by atoms with Crippen molar-refractivity contribution in [1.29, 1.82) is 0 Å². The summed E-state index contributed by atoms with van der Waals surface area (Å²) in [6.45, 7) is 0.691. The van der Waals surface area contributed by atoms with E-state index in [9.17, 15) is 9.59 Å². The van der Waals surface area contributed by atoms with Crippen molar-refractivity contribution in [1.82, 2.24) is 14.3 Å². The minimum absolute atomic E-state index is 0.0427. The second-order valence-corrected chi connectivity index (χ2v) is 6.58. The molecule has 2 heterocycles. The smallest absolute Gasteiger partial charge is 0.327 e. The molecule has 0 fully saturated rings. The number of nitrogens with one attached hydrogen (secondary N) is 1. The molecule has 0 atom stereocenters. The van der Waals surface area contributed by atoms with E-state index in [0.29, 0.717) is 6.54 Å². The molecule has 0 spiro atoms. The molecule has 1 N–H and O–H groups in total. The van der Waals surface area contributed by atoms with Crippen LogP contribution in [-0.4, -0.2) is 27.4 Å². The van der Waals surface area contributed by atoms with Crippen LogP contribution in [0.5, 0.6) is 0 Å². The Labute approximate surface area is 167 Å². The monoisotopic (exact) mass is 388 g/mol. The van der Waals surface area contributed by atoms with Gasteiger partial charge in [0.05, 0.1) is 18.8 Å². The average molecular weight is 388 g/mol. The van der Waals surface area contributed by atoms with Crippen molar-refractivity contribution >= 4 is 22.6 Å². The molecule has 29 heavy (non-hydrogen) atoms. The highest BCUT2D eigenvalue weighted by atomic mass is 16.5. The normalized spacial score (nSPS) is 10.8. The highest BCUT2D eigenvalue weighted by Crippen LogP contribution is 2.18. The Morgan fingerprint density at radius 3 is 2.69 bits per heavy atom. The van der Waals surface area contributed by atoms with E-state index >= 15 is 0 Å². The molecule has 0 aliphatic carbocycles. The number of hydrogen-bond acceptors (Lipinski definition) is 5. The zero-order chi connectivity index (χ0) is 20.2. The van der Waals surface area contributed by atoms with Crippen molar-refractivity contribution in [3.63, 3.8) is 0 Å². The molecule has 0 amide bonds. The predicted octanol–water partition coefficient (Wildman–Crippen LogP) is 2.97. The van der Waals surface area contributed by atoms with E-state index in [0.717, 1.165) is 27.8 Å². The van der Waals surface area contributed by atoms with Crippen LogP contribution in [0, 0.1) is 0 Å². The number of pyridine rings is 1. The van der Waals surface area contributed by atoms with E-state index in [-0.39, 0.29) is 18.1 Å². The van der Waals surface area contributed by atoms with Crippen LogP contribution >= 0.6 is 0 Å². The minimum atomic E-state index is -0.367. The fourth-order valence-corrected chi connectivity index (χ4v) is 3.14. The van der Waals surface area contributed by atoms with Gasteiger partial charge in [0.2, 0.25) is 0 Å². The molecular weight excluding hydrogens is 368 g/mol. The number of carbonyl (C=O) groups excluding carboxylic acids is 1. The molecule has 146 valence electrons. The number of hydrogen-bond donors (Lipinski definition) is 1. The van der Waals surface area contributed by atoms with Gasteiger partial charge in [0.1, 0.15) is 6.54 Å². The Morgan fingerprint density at radius 2 is 1.93 bits per heavy atom. The number of benzene rings is 2. The lowest BCUT2D eigenvalue weighted by molar-refractivity contribution is -0.141. The van der Waals surface area contributed by atoms with Crippen LogP contribution < -0.4 is 10.9 Å². The Morgan fingerprint density at radius 1 is 1.10 bits per heavy atom. The van der Waals surface area contributed by atoms with E-state index in [4.69, 9.17) is 0 Å². The van der Waals surface area contributed by atoms with Crippen molar-refractivity contribution in [2.24, 2.45) is 0 Å². The Balaban J connectivity index is 1.55. The first-order valence-electron chi connectivity index (χ1n) is 9.17. The van der Waals surface area contributed by atoms with Gasteiger partial charge in [0.15, 0.2) is 0 Å². The summed E-state index contributed by atoms with van der Waals surface area (Å²) in [5, 5.41) is 8.33. The Kier molecular flexibility index (Phi) is 5.11. The van der Waals surface area contributed by atoms with Gasteiger partial charge in [-0.25, -0.2) is 0 Å². The second kappa shape index (κ2) is 8.02. The third kappa shape index (κ3) is 4.03.